The third kappa shape index (κ3) is 3.91. The third-order valence-electron chi connectivity index (χ3n) is 4.47. The molecule has 1 amide bonds. The summed E-state index contributed by atoms with van der Waals surface area (Å²) >= 11 is 5.39. The zero-order valence-corrected chi connectivity index (χ0v) is 16.6. The fraction of sp³-hybridized carbons (Fsp3) is 0.250. The molecule has 1 aromatic carbocycles. The Labute approximate surface area is 168 Å². The Hall–Kier alpha value is -3.13. The quantitative estimate of drug-likeness (QED) is 0.590. The molecule has 3 rings (SSSR count). The average molecular weight is 399 g/mol. The summed E-state index contributed by atoms with van der Waals surface area (Å²) in [6.45, 7) is 3.86. The normalized spacial score (nSPS) is 16.6. The van der Waals surface area contributed by atoms with Crippen molar-refractivity contribution in [2.45, 2.75) is 19.9 Å². The van der Waals surface area contributed by atoms with Gasteiger partial charge in [-0.05, 0) is 55.9 Å². The largest absolute Gasteiger partial charge is 0.463 e. The zero-order chi connectivity index (χ0) is 20.3. The molecule has 146 valence electrons. The van der Waals surface area contributed by atoms with Crippen molar-refractivity contribution in [3.63, 3.8) is 0 Å². The highest BCUT2D eigenvalue weighted by Gasteiger charge is 2.33. The van der Waals surface area contributed by atoms with E-state index in [4.69, 9.17) is 21.4 Å². The molecule has 2 aromatic rings. The van der Waals surface area contributed by atoms with Crippen LogP contribution in [0.3, 0.4) is 0 Å². The highest BCUT2D eigenvalue weighted by atomic mass is 32.1. The van der Waals surface area contributed by atoms with Crippen molar-refractivity contribution in [3.05, 3.63) is 65.3 Å². The van der Waals surface area contributed by atoms with Crippen LogP contribution in [0.25, 0.3) is 0 Å². The summed E-state index contributed by atoms with van der Waals surface area (Å²) in [4.78, 5) is 26.6. The number of esters is 1. The number of allylic oxidation sites excluding steroid dienone is 1. The molecule has 0 aliphatic carbocycles. The summed E-state index contributed by atoms with van der Waals surface area (Å²) in [5.41, 5.74) is 2.55. The van der Waals surface area contributed by atoms with Crippen LogP contribution in [0, 0.1) is 0 Å². The number of carbonyl (C=O) groups excluding carboxylic acids is 2. The molecular weight excluding hydrogens is 378 g/mol. The number of hydrogen-bond acceptors (Lipinski definition) is 5. The lowest BCUT2D eigenvalue weighted by molar-refractivity contribution is -0.139. The van der Waals surface area contributed by atoms with Gasteiger partial charge in [0.2, 0.25) is 0 Å². The Morgan fingerprint density at radius 1 is 1.32 bits per heavy atom. The highest BCUT2D eigenvalue weighted by Crippen LogP contribution is 2.32. The molecule has 2 heterocycles. The van der Waals surface area contributed by atoms with E-state index in [-0.39, 0.29) is 18.3 Å². The second-order valence-electron chi connectivity index (χ2n) is 6.22. The van der Waals surface area contributed by atoms with E-state index in [9.17, 15) is 9.59 Å². The number of nitrogens with zero attached hydrogens (tertiary/aromatic N) is 1. The van der Waals surface area contributed by atoms with Crippen molar-refractivity contribution in [1.29, 1.82) is 0 Å². The number of anilines is 1. The van der Waals surface area contributed by atoms with E-state index in [0.717, 1.165) is 11.3 Å². The van der Waals surface area contributed by atoms with Crippen LogP contribution in [0.2, 0.25) is 0 Å². The summed E-state index contributed by atoms with van der Waals surface area (Å²) < 4.78 is 10.4. The lowest BCUT2D eigenvalue weighted by atomic mass is 9.95. The maximum Gasteiger partial charge on any atom is 0.338 e. The Bertz CT molecular complexity index is 937. The van der Waals surface area contributed by atoms with E-state index in [2.05, 4.69) is 10.6 Å². The smallest absolute Gasteiger partial charge is 0.338 e. The van der Waals surface area contributed by atoms with Crippen molar-refractivity contribution in [3.8, 4) is 0 Å². The van der Waals surface area contributed by atoms with Gasteiger partial charge in [0.25, 0.3) is 5.91 Å². The van der Waals surface area contributed by atoms with Crippen LogP contribution in [0.1, 0.15) is 36.0 Å². The second-order valence-corrected chi connectivity index (χ2v) is 6.60. The van der Waals surface area contributed by atoms with Crippen LogP contribution >= 0.6 is 12.2 Å². The molecule has 8 heteroatoms. The number of amides is 1. The fourth-order valence-corrected chi connectivity index (χ4v) is 3.21. The first-order chi connectivity index (χ1) is 13.4. The molecule has 7 nitrogen and oxygen atoms in total. The highest BCUT2D eigenvalue weighted by molar-refractivity contribution is 7.80. The van der Waals surface area contributed by atoms with Crippen LogP contribution in [0.15, 0.2) is 58.3 Å². The first-order valence-corrected chi connectivity index (χ1v) is 9.20. The molecule has 1 aliphatic heterocycles. The summed E-state index contributed by atoms with van der Waals surface area (Å²) in [7, 11) is 1.79. The van der Waals surface area contributed by atoms with Crippen molar-refractivity contribution in [2.24, 2.45) is 0 Å². The Morgan fingerprint density at radius 2 is 2.11 bits per heavy atom. The first kappa shape index (κ1) is 19.6. The molecule has 0 bridgehead atoms. The minimum Gasteiger partial charge on any atom is -0.463 e. The van der Waals surface area contributed by atoms with Crippen LogP contribution < -0.4 is 10.6 Å². The summed E-state index contributed by atoms with van der Waals surface area (Å²) in [6, 6.07) is 9.96. The zero-order valence-electron chi connectivity index (χ0n) is 15.8. The van der Waals surface area contributed by atoms with E-state index in [1.165, 1.54) is 6.26 Å². The van der Waals surface area contributed by atoms with Gasteiger partial charge in [0.1, 0.15) is 0 Å². The van der Waals surface area contributed by atoms with E-state index in [1.54, 1.807) is 49.2 Å². The number of benzene rings is 1. The minimum atomic E-state index is -0.483. The summed E-state index contributed by atoms with van der Waals surface area (Å²) in [5.74, 6) is -0.546. The van der Waals surface area contributed by atoms with Gasteiger partial charge in [-0.25, -0.2) is 4.79 Å². The van der Waals surface area contributed by atoms with E-state index < -0.39 is 12.0 Å². The lowest BCUT2D eigenvalue weighted by Crippen LogP contribution is -2.46. The van der Waals surface area contributed by atoms with E-state index >= 15 is 0 Å². The van der Waals surface area contributed by atoms with Gasteiger partial charge in [0.15, 0.2) is 10.9 Å². The van der Waals surface area contributed by atoms with Gasteiger partial charge in [-0.15, -0.1) is 0 Å². The molecule has 0 spiro atoms. The van der Waals surface area contributed by atoms with Gasteiger partial charge in [-0.2, -0.15) is 0 Å². The maximum atomic E-state index is 12.6. The molecule has 0 saturated carbocycles. The molecule has 0 saturated heterocycles. The van der Waals surface area contributed by atoms with Gasteiger partial charge < -0.3 is 24.7 Å². The summed E-state index contributed by atoms with van der Waals surface area (Å²) in [5, 5.41) is 6.47. The molecule has 0 fully saturated rings. The molecular formula is C20H21N3O4S. The predicted molar refractivity (Wildman–Crippen MR) is 109 cm³/mol. The van der Waals surface area contributed by atoms with Crippen LogP contribution in [0.4, 0.5) is 5.69 Å². The number of furan rings is 1. The Morgan fingerprint density at radius 3 is 2.79 bits per heavy atom. The minimum absolute atomic E-state index is 0.215. The Balaban J connectivity index is 1.93. The average Bonchev–Trinajstić information content (AvgIpc) is 3.21. The van der Waals surface area contributed by atoms with Crippen LogP contribution in [0.5, 0.6) is 0 Å². The first-order valence-electron chi connectivity index (χ1n) is 8.79. The fourth-order valence-electron chi connectivity index (χ4n) is 2.96. The number of rotatable bonds is 5. The Kier molecular flexibility index (Phi) is 5.79. The van der Waals surface area contributed by atoms with Gasteiger partial charge in [0.05, 0.1) is 24.5 Å². The van der Waals surface area contributed by atoms with Gasteiger partial charge in [-0.1, -0.05) is 12.1 Å². The third-order valence-corrected chi connectivity index (χ3v) is 4.86. The van der Waals surface area contributed by atoms with Crippen molar-refractivity contribution >= 4 is 34.9 Å². The van der Waals surface area contributed by atoms with Gasteiger partial charge in [-0.3, -0.25) is 4.79 Å². The SMILES string of the molecule is CCOC(=O)C1=C(C)N(C)C(=S)N[C@@H]1c1cccc(NC(=O)c2ccco2)c1. The van der Waals surface area contributed by atoms with E-state index in [1.807, 2.05) is 13.0 Å². The number of carbonyl (C=O) groups is 2. The maximum absolute atomic E-state index is 12.6. The standard InChI is InChI=1S/C20H21N3O4S/c1-4-26-19(25)16-12(2)23(3)20(28)22-17(16)13-7-5-8-14(11-13)21-18(24)15-9-6-10-27-15/h5-11,17H,4H2,1-3H3,(H,21,24)(H,22,28)/t17-/m1/s1. The molecule has 0 unspecified atom stereocenters. The van der Waals surface area contributed by atoms with Gasteiger partial charge in [0, 0.05) is 18.4 Å². The number of nitrogens with one attached hydrogen (secondary N) is 2. The van der Waals surface area contributed by atoms with Crippen molar-refractivity contribution in [1.82, 2.24) is 10.2 Å². The molecule has 0 radical (unpaired) electrons. The van der Waals surface area contributed by atoms with Crippen molar-refractivity contribution < 1.29 is 18.7 Å². The molecule has 28 heavy (non-hydrogen) atoms. The topological polar surface area (TPSA) is 83.8 Å². The predicted octanol–water partition coefficient (Wildman–Crippen LogP) is 3.23. The number of thiocarbonyl (C=S) groups is 1. The monoisotopic (exact) mass is 399 g/mol. The van der Waals surface area contributed by atoms with Crippen LogP contribution in [-0.2, 0) is 9.53 Å². The molecule has 1 aromatic heterocycles. The van der Waals surface area contributed by atoms with Crippen LogP contribution in [-0.4, -0.2) is 35.5 Å². The van der Waals surface area contributed by atoms with E-state index in [0.29, 0.717) is 16.4 Å². The molecule has 1 aliphatic rings. The van der Waals surface area contributed by atoms with Crippen molar-refractivity contribution in [2.75, 3.05) is 19.0 Å². The summed E-state index contributed by atoms with van der Waals surface area (Å²) in [6.07, 6.45) is 1.44. The number of hydrogen-bond donors (Lipinski definition) is 2. The second kappa shape index (κ2) is 8.26. The molecule has 1 atom stereocenters. The van der Waals surface area contributed by atoms with Gasteiger partial charge >= 0.3 is 5.97 Å². The lowest BCUT2D eigenvalue weighted by Gasteiger charge is -2.35. The number of ether oxygens (including phenoxy) is 1. The molecule has 2 N–H and O–H groups in total.